The molecule has 4 heteroatoms. The summed E-state index contributed by atoms with van der Waals surface area (Å²) in [6, 6.07) is 5.39. The van der Waals surface area contributed by atoms with Crippen molar-refractivity contribution < 1.29 is 4.79 Å². The summed E-state index contributed by atoms with van der Waals surface area (Å²) < 4.78 is 0.904. The van der Waals surface area contributed by atoms with Gasteiger partial charge in [-0.2, -0.15) is 0 Å². The van der Waals surface area contributed by atoms with Crippen LogP contribution in [-0.2, 0) is 0 Å². The van der Waals surface area contributed by atoms with Crippen molar-refractivity contribution in [1.82, 2.24) is 0 Å². The topological polar surface area (TPSA) is 17.1 Å². The lowest BCUT2D eigenvalue weighted by atomic mass is 10.1. The number of halogens is 3. The zero-order chi connectivity index (χ0) is 10.7. The van der Waals surface area contributed by atoms with Crippen molar-refractivity contribution in [3.8, 4) is 0 Å². The largest absolute Gasteiger partial charge is 0.292 e. The second-order valence-electron chi connectivity index (χ2n) is 2.95. The number of rotatable bonds is 3. The first-order chi connectivity index (χ1) is 6.56. The van der Waals surface area contributed by atoms with Crippen molar-refractivity contribution in [2.75, 3.05) is 5.88 Å². The third-order valence-electron chi connectivity index (χ3n) is 1.88. The Balaban J connectivity index is 2.97. The second kappa shape index (κ2) is 5.15. The summed E-state index contributed by atoms with van der Waals surface area (Å²) in [6.07, 6.45) is 0. The van der Waals surface area contributed by atoms with Gasteiger partial charge < -0.3 is 0 Å². The minimum Gasteiger partial charge on any atom is -0.292 e. The molecule has 0 amide bonds. The van der Waals surface area contributed by atoms with Gasteiger partial charge in [0.1, 0.15) is 5.38 Å². The smallest absolute Gasteiger partial charge is 0.181 e. The first-order valence-corrected chi connectivity index (χ1v) is 5.83. The van der Waals surface area contributed by atoms with E-state index in [1.807, 2.05) is 13.0 Å². The lowest BCUT2D eigenvalue weighted by molar-refractivity contribution is 0.0992. The molecule has 1 aromatic rings. The summed E-state index contributed by atoms with van der Waals surface area (Å²) in [7, 11) is 0. The zero-order valence-corrected chi connectivity index (χ0v) is 10.7. The third kappa shape index (κ3) is 2.72. The van der Waals surface area contributed by atoms with Crippen LogP contribution in [0.3, 0.4) is 0 Å². The quantitative estimate of drug-likeness (QED) is 0.612. The van der Waals surface area contributed by atoms with Crippen LogP contribution in [0.5, 0.6) is 0 Å². The predicted molar refractivity (Wildman–Crippen MR) is 63.6 cm³/mol. The molecule has 0 aromatic heterocycles. The van der Waals surface area contributed by atoms with E-state index in [4.69, 9.17) is 23.2 Å². The molecular formula is C10H9BrCl2O. The summed E-state index contributed by atoms with van der Waals surface area (Å²) >= 11 is 14.6. The Bertz CT molecular complexity index is 352. The number of Topliss-reactive ketones (excluding diaryl/α,β-unsaturated/α-hetero) is 1. The molecule has 0 aliphatic heterocycles. The highest BCUT2D eigenvalue weighted by atomic mass is 79.9. The lowest BCUT2D eigenvalue weighted by Crippen LogP contribution is -2.16. The molecule has 0 saturated heterocycles. The molecule has 0 heterocycles. The van der Waals surface area contributed by atoms with Gasteiger partial charge in [-0.15, -0.1) is 23.2 Å². The van der Waals surface area contributed by atoms with E-state index < -0.39 is 5.38 Å². The van der Waals surface area contributed by atoms with E-state index in [1.165, 1.54) is 0 Å². The lowest BCUT2D eigenvalue weighted by Gasteiger charge is -2.06. The van der Waals surface area contributed by atoms with E-state index in [0.717, 1.165) is 10.0 Å². The molecular weight excluding hydrogens is 287 g/mol. The fourth-order valence-corrected chi connectivity index (χ4v) is 1.64. The van der Waals surface area contributed by atoms with Crippen LogP contribution < -0.4 is 0 Å². The number of alkyl halides is 2. The minimum atomic E-state index is -0.647. The third-order valence-corrected chi connectivity index (χ3v) is 3.55. The van der Waals surface area contributed by atoms with Gasteiger partial charge in [0.15, 0.2) is 5.78 Å². The fourth-order valence-electron chi connectivity index (χ4n) is 0.997. The van der Waals surface area contributed by atoms with Crippen molar-refractivity contribution in [2.24, 2.45) is 0 Å². The molecule has 0 radical (unpaired) electrons. The van der Waals surface area contributed by atoms with Gasteiger partial charge in [0, 0.05) is 15.9 Å². The molecule has 14 heavy (non-hydrogen) atoms. The Labute approximate surface area is 102 Å². The van der Waals surface area contributed by atoms with Crippen LogP contribution >= 0.6 is 39.1 Å². The summed E-state index contributed by atoms with van der Waals surface area (Å²) in [6.45, 7) is 1.96. The molecule has 1 nitrogen and oxygen atoms in total. The van der Waals surface area contributed by atoms with Gasteiger partial charge in [0.2, 0.25) is 0 Å². The predicted octanol–water partition coefficient (Wildman–Crippen LogP) is 3.79. The second-order valence-corrected chi connectivity index (χ2v) is 4.64. The van der Waals surface area contributed by atoms with E-state index in [0.29, 0.717) is 5.56 Å². The number of ketones is 1. The van der Waals surface area contributed by atoms with Gasteiger partial charge in [-0.1, -0.05) is 28.1 Å². The number of carbonyl (C=O) groups is 1. The number of carbonyl (C=O) groups excluding carboxylic acids is 1. The number of benzene rings is 1. The molecule has 1 rings (SSSR count). The molecule has 0 aliphatic rings. The van der Waals surface area contributed by atoms with Crippen molar-refractivity contribution in [3.05, 3.63) is 33.8 Å². The normalized spacial score (nSPS) is 12.6. The number of hydrogen-bond donors (Lipinski definition) is 0. The van der Waals surface area contributed by atoms with Crippen molar-refractivity contribution in [2.45, 2.75) is 12.3 Å². The summed E-state index contributed by atoms with van der Waals surface area (Å²) in [5.41, 5.74) is 1.67. The minimum absolute atomic E-state index is 0.131. The number of aryl methyl sites for hydroxylation is 1. The highest BCUT2D eigenvalue weighted by Crippen LogP contribution is 2.19. The maximum Gasteiger partial charge on any atom is 0.181 e. The average Bonchev–Trinajstić information content (AvgIpc) is 2.20. The SMILES string of the molecule is Cc1ccc(C(=O)C(Cl)CCl)cc1Br. The maximum absolute atomic E-state index is 11.6. The van der Waals surface area contributed by atoms with Gasteiger partial charge in [-0.05, 0) is 18.6 Å². The molecule has 0 fully saturated rings. The van der Waals surface area contributed by atoms with Crippen LogP contribution in [0.1, 0.15) is 15.9 Å². The van der Waals surface area contributed by atoms with Gasteiger partial charge in [-0.3, -0.25) is 4.79 Å². The Morgan fingerprint density at radius 3 is 2.71 bits per heavy atom. The standard InChI is InChI=1S/C10H9BrCl2O/c1-6-2-3-7(4-8(6)11)10(14)9(13)5-12/h2-4,9H,5H2,1H3. The molecule has 1 aromatic carbocycles. The molecule has 0 spiro atoms. The zero-order valence-electron chi connectivity index (χ0n) is 7.56. The Hall–Kier alpha value is -0.0500. The van der Waals surface area contributed by atoms with Gasteiger partial charge in [0.25, 0.3) is 0 Å². The van der Waals surface area contributed by atoms with Crippen LogP contribution in [0.15, 0.2) is 22.7 Å². The molecule has 0 bridgehead atoms. The molecule has 1 atom stereocenters. The molecule has 1 unspecified atom stereocenters. The maximum atomic E-state index is 11.6. The molecule has 0 saturated carbocycles. The first kappa shape index (κ1) is 12.0. The Kier molecular flexibility index (Phi) is 4.42. The first-order valence-electron chi connectivity index (χ1n) is 4.06. The van der Waals surface area contributed by atoms with Crippen LogP contribution in [0.25, 0.3) is 0 Å². The van der Waals surface area contributed by atoms with E-state index in [-0.39, 0.29) is 11.7 Å². The monoisotopic (exact) mass is 294 g/mol. The van der Waals surface area contributed by atoms with Crippen LogP contribution in [0.2, 0.25) is 0 Å². The van der Waals surface area contributed by atoms with Crippen LogP contribution in [0.4, 0.5) is 0 Å². The highest BCUT2D eigenvalue weighted by Gasteiger charge is 2.16. The average molecular weight is 296 g/mol. The Morgan fingerprint density at radius 1 is 1.57 bits per heavy atom. The van der Waals surface area contributed by atoms with Gasteiger partial charge in [0.05, 0.1) is 0 Å². The molecule has 76 valence electrons. The summed E-state index contributed by atoms with van der Waals surface area (Å²) in [5.74, 6) is -0.00586. The fraction of sp³-hybridized carbons (Fsp3) is 0.300. The van der Waals surface area contributed by atoms with E-state index in [9.17, 15) is 4.79 Å². The van der Waals surface area contributed by atoms with Crippen LogP contribution in [-0.4, -0.2) is 17.0 Å². The Morgan fingerprint density at radius 2 is 2.21 bits per heavy atom. The van der Waals surface area contributed by atoms with Gasteiger partial charge >= 0.3 is 0 Å². The van der Waals surface area contributed by atoms with Crippen molar-refractivity contribution >= 4 is 44.9 Å². The van der Waals surface area contributed by atoms with Crippen molar-refractivity contribution in [1.29, 1.82) is 0 Å². The highest BCUT2D eigenvalue weighted by molar-refractivity contribution is 9.10. The van der Waals surface area contributed by atoms with E-state index >= 15 is 0 Å². The molecule has 0 N–H and O–H groups in total. The summed E-state index contributed by atoms with van der Waals surface area (Å²) in [4.78, 5) is 11.6. The van der Waals surface area contributed by atoms with Crippen molar-refractivity contribution in [3.63, 3.8) is 0 Å². The van der Waals surface area contributed by atoms with E-state index in [2.05, 4.69) is 15.9 Å². The summed E-state index contributed by atoms with van der Waals surface area (Å²) in [5, 5.41) is -0.647. The molecule has 0 aliphatic carbocycles. The number of hydrogen-bond acceptors (Lipinski definition) is 1. The van der Waals surface area contributed by atoms with Gasteiger partial charge in [-0.25, -0.2) is 0 Å². The van der Waals surface area contributed by atoms with Crippen LogP contribution in [0, 0.1) is 6.92 Å². The van der Waals surface area contributed by atoms with E-state index in [1.54, 1.807) is 12.1 Å².